The molecule has 6 nitrogen and oxygen atoms in total. The highest BCUT2D eigenvalue weighted by molar-refractivity contribution is 6.07. The van der Waals surface area contributed by atoms with Crippen molar-refractivity contribution in [3.05, 3.63) is 18.0 Å². The van der Waals surface area contributed by atoms with Crippen molar-refractivity contribution in [3.8, 4) is 0 Å². The van der Waals surface area contributed by atoms with Gasteiger partial charge in [0.15, 0.2) is 0 Å². The van der Waals surface area contributed by atoms with Gasteiger partial charge in [0, 0.05) is 19.8 Å². The van der Waals surface area contributed by atoms with Crippen molar-refractivity contribution >= 4 is 11.9 Å². The van der Waals surface area contributed by atoms with Crippen LogP contribution in [-0.2, 0) is 18.3 Å². The van der Waals surface area contributed by atoms with Gasteiger partial charge in [0.1, 0.15) is 5.54 Å². The van der Waals surface area contributed by atoms with Gasteiger partial charge in [-0.05, 0) is 24.8 Å². The first-order valence-corrected chi connectivity index (χ1v) is 7.72. The Morgan fingerprint density at radius 2 is 1.95 bits per heavy atom. The third-order valence-electron chi connectivity index (χ3n) is 4.72. The molecule has 114 valence electrons. The maximum Gasteiger partial charge on any atom is 0.325 e. The molecule has 2 heterocycles. The van der Waals surface area contributed by atoms with E-state index >= 15 is 0 Å². The molecule has 3 rings (SSSR count). The lowest BCUT2D eigenvalue weighted by Crippen LogP contribution is -2.50. The zero-order chi connectivity index (χ0) is 14.9. The molecule has 3 amide bonds. The molecule has 1 saturated carbocycles. The smallest absolute Gasteiger partial charge is 0.309 e. The lowest BCUT2D eigenvalue weighted by molar-refractivity contribution is -0.127. The van der Waals surface area contributed by atoms with Crippen LogP contribution in [0.4, 0.5) is 4.79 Å². The highest BCUT2D eigenvalue weighted by Crippen LogP contribution is 2.36. The largest absolute Gasteiger partial charge is 0.325 e. The van der Waals surface area contributed by atoms with Gasteiger partial charge in [-0.3, -0.25) is 14.8 Å². The van der Waals surface area contributed by atoms with E-state index in [1.807, 2.05) is 19.4 Å². The number of imide groups is 1. The maximum absolute atomic E-state index is 12.4. The number of amides is 3. The van der Waals surface area contributed by atoms with Gasteiger partial charge in [0.25, 0.3) is 5.91 Å². The van der Waals surface area contributed by atoms with E-state index in [0.29, 0.717) is 6.54 Å². The summed E-state index contributed by atoms with van der Waals surface area (Å²) in [4.78, 5) is 26.3. The quantitative estimate of drug-likeness (QED) is 0.860. The Morgan fingerprint density at radius 3 is 2.57 bits per heavy atom. The first-order chi connectivity index (χ1) is 10.1. The standard InChI is InChI=1S/C15H22N4O2/c1-18-11-12(10-16-18)6-9-19-14(21)17-13(20)15(19)7-4-2-3-5-8-15/h10-11H,2-9H2,1H3,(H,17,20,21). The molecular formula is C15H22N4O2. The molecule has 0 aromatic carbocycles. The topological polar surface area (TPSA) is 67.2 Å². The number of aryl methyl sites for hydroxylation is 1. The molecule has 6 heteroatoms. The summed E-state index contributed by atoms with van der Waals surface area (Å²) in [6.07, 6.45) is 10.4. The SMILES string of the molecule is Cn1cc(CCN2C(=O)NC(=O)C23CCCCCC3)cn1. The summed E-state index contributed by atoms with van der Waals surface area (Å²) < 4.78 is 1.76. The zero-order valence-corrected chi connectivity index (χ0v) is 12.5. The molecule has 1 aromatic heterocycles. The molecule has 1 aliphatic heterocycles. The Hall–Kier alpha value is -1.85. The molecule has 1 aliphatic carbocycles. The average Bonchev–Trinajstić information content (AvgIpc) is 2.83. The van der Waals surface area contributed by atoms with E-state index in [-0.39, 0.29) is 11.9 Å². The van der Waals surface area contributed by atoms with E-state index in [2.05, 4.69) is 10.4 Å². The van der Waals surface area contributed by atoms with Crippen molar-refractivity contribution in [2.24, 2.45) is 7.05 Å². The normalized spacial score (nSPS) is 21.7. The number of hydrogen-bond donors (Lipinski definition) is 1. The van der Waals surface area contributed by atoms with Gasteiger partial charge in [0.05, 0.1) is 6.20 Å². The predicted octanol–water partition coefficient (Wildman–Crippen LogP) is 1.61. The van der Waals surface area contributed by atoms with Crippen LogP contribution in [0, 0.1) is 0 Å². The van der Waals surface area contributed by atoms with Gasteiger partial charge in [0.2, 0.25) is 0 Å². The molecule has 1 saturated heterocycles. The average molecular weight is 290 g/mol. The molecule has 0 unspecified atom stereocenters. The van der Waals surface area contributed by atoms with E-state index in [4.69, 9.17) is 0 Å². The van der Waals surface area contributed by atoms with Crippen LogP contribution in [0.25, 0.3) is 0 Å². The fraction of sp³-hybridized carbons (Fsp3) is 0.667. The Labute approximate surface area is 124 Å². The lowest BCUT2D eigenvalue weighted by Gasteiger charge is -2.34. The van der Waals surface area contributed by atoms with Gasteiger partial charge in [-0.1, -0.05) is 25.7 Å². The van der Waals surface area contributed by atoms with E-state index < -0.39 is 5.54 Å². The van der Waals surface area contributed by atoms with Crippen LogP contribution >= 0.6 is 0 Å². The Bertz CT molecular complexity index is 544. The van der Waals surface area contributed by atoms with Crippen LogP contribution in [0.15, 0.2) is 12.4 Å². The summed E-state index contributed by atoms with van der Waals surface area (Å²) >= 11 is 0. The molecule has 0 atom stereocenters. The number of rotatable bonds is 3. The van der Waals surface area contributed by atoms with E-state index in [9.17, 15) is 9.59 Å². The molecule has 2 aliphatic rings. The van der Waals surface area contributed by atoms with Gasteiger partial charge in [-0.2, -0.15) is 5.10 Å². The Kier molecular flexibility index (Phi) is 3.69. The molecule has 1 spiro atoms. The zero-order valence-electron chi connectivity index (χ0n) is 12.5. The minimum Gasteiger partial charge on any atom is -0.309 e. The summed E-state index contributed by atoms with van der Waals surface area (Å²) in [5.74, 6) is -0.0967. The molecule has 0 radical (unpaired) electrons. The molecular weight excluding hydrogens is 268 g/mol. The Balaban J connectivity index is 1.76. The summed E-state index contributed by atoms with van der Waals surface area (Å²) in [5.41, 5.74) is 0.490. The fourth-order valence-corrected chi connectivity index (χ4v) is 3.57. The van der Waals surface area contributed by atoms with Crippen molar-refractivity contribution < 1.29 is 9.59 Å². The Morgan fingerprint density at radius 1 is 1.24 bits per heavy atom. The van der Waals surface area contributed by atoms with Crippen LogP contribution in [0.5, 0.6) is 0 Å². The van der Waals surface area contributed by atoms with Crippen LogP contribution in [-0.4, -0.2) is 38.7 Å². The summed E-state index contributed by atoms with van der Waals surface area (Å²) in [5, 5.41) is 6.67. The minimum atomic E-state index is -0.601. The van der Waals surface area contributed by atoms with Crippen LogP contribution in [0.2, 0.25) is 0 Å². The third-order valence-corrected chi connectivity index (χ3v) is 4.72. The van der Waals surface area contributed by atoms with Crippen molar-refractivity contribution in [2.45, 2.75) is 50.5 Å². The van der Waals surface area contributed by atoms with Crippen molar-refractivity contribution in [1.82, 2.24) is 20.0 Å². The second-order valence-electron chi connectivity index (χ2n) is 6.13. The number of hydrogen-bond acceptors (Lipinski definition) is 3. The number of nitrogens with one attached hydrogen (secondary N) is 1. The third kappa shape index (κ3) is 2.54. The van der Waals surface area contributed by atoms with Crippen LogP contribution in [0.3, 0.4) is 0 Å². The van der Waals surface area contributed by atoms with Crippen molar-refractivity contribution in [1.29, 1.82) is 0 Å². The van der Waals surface area contributed by atoms with Gasteiger partial charge in [-0.25, -0.2) is 4.79 Å². The molecule has 2 fully saturated rings. The highest BCUT2D eigenvalue weighted by atomic mass is 16.2. The first-order valence-electron chi connectivity index (χ1n) is 7.72. The molecule has 0 bridgehead atoms. The van der Waals surface area contributed by atoms with Crippen LogP contribution in [0.1, 0.15) is 44.1 Å². The van der Waals surface area contributed by atoms with Gasteiger partial charge < -0.3 is 4.90 Å². The molecule has 21 heavy (non-hydrogen) atoms. The number of carbonyl (C=O) groups excluding carboxylic acids is 2. The molecule has 1 N–H and O–H groups in total. The van der Waals surface area contributed by atoms with E-state index in [1.54, 1.807) is 9.58 Å². The lowest BCUT2D eigenvalue weighted by atomic mass is 9.88. The van der Waals surface area contributed by atoms with E-state index in [0.717, 1.165) is 50.5 Å². The fourth-order valence-electron chi connectivity index (χ4n) is 3.57. The summed E-state index contributed by atoms with van der Waals surface area (Å²) in [7, 11) is 1.88. The minimum absolute atomic E-state index is 0.0967. The highest BCUT2D eigenvalue weighted by Gasteiger charge is 2.51. The predicted molar refractivity (Wildman–Crippen MR) is 77.6 cm³/mol. The number of urea groups is 1. The van der Waals surface area contributed by atoms with Gasteiger partial charge in [-0.15, -0.1) is 0 Å². The van der Waals surface area contributed by atoms with Gasteiger partial charge >= 0.3 is 6.03 Å². The second kappa shape index (κ2) is 5.50. The number of nitrogens with zero attached hydrogens (tertiary/aromatic N) is 3. The second-order valence-corrected chi connectivity index (χ2v) is 6.13. The number of carbonyl (C=O) groups is 2. The van der Waals surface area contributed by atoms with E-state index in [1.165, 1.54) is 0 Å². The first kappa shape index (κ1) is 14.1. The van der Waals surface area contributed by atoms with Crippen molar-refractivity contribution in [3.63, 3.8) is 0 Å². The van der Waals surface area contributed by atoms with Crippen molar-refractivity contribution in [2.75, 3.05) is 6.54 Å². The molecule has 1 aromatic rings. The summed E-state index contributed by atoms with van der Waals surface area (Å²) in [6.45, 7) is 0.573. The maximum atomic E-state index is 12.4. The number of aromatic nitrogens is 2. The monoisotopic (exact) mass is 290 g/mol. The van der Waals surface area contributed by atoms with Crippen LogP contribution < -0.4 is 5.32 Å². The summed E-state index contributed by atoms with van der Waals surface area (Å²) in [6, 6.07) is -0.231.